The molecule has 0 radical (unpaired) electrons. The lowest BCUT2D eigenvalue weighted by atomic mass is 10.0. The van der Waals surface area contributed by atoms with Crippen molar-refractivity contribution in [1.29, 1.82) is 0 Å². The SMILES string of the molecule is CC1CCN(C(=O)NCCC2CC2)C1C(=O)O. The van der Waals surface area contributed by atoms with Crippen molar-refractivity contribution < 1.29 is 14.7 Å². The maximum Gasteiger partial charge on any atom is 0.326 e. The summed E-state index contributed by atoms with van der Waals surface area (Å²) >= 11 is 0. The van der Waals surface area contributed by atoms with Crippen LogP contribution in [-0.2, 0) is 4.79 Å². The molecule has 0 bridgehead atoms. The van der Waals surface area contributed by atoms with Crippen LogP contribution in [0.3, 0.4) is 0 Å². The standard InChI is InChI=1S/C12H20N2O3/c1-8-5-7-14(10(8)11(15)16)12(17)13-6-4-9-2-3-9/h8-10H,2-7H2,1H3,(H,13,17)(H,15,16). The van der Waals surface area contributed by atoms with Gasteiger partial charge in [0, 0.05) is 13.1 Å². The first-order valence-corrected chi connectivity index (χ1v) is 6.37. The number of rotatable bonds is 4. The molecule has 0 aromatic heterocycles. The molecule has 0 aromatic rings. The molecule has 5 heteroatoms. The summed E-state index contributed by atoms with van der Waals surface area (Å²) in [6, 6.07) is -0.877. The van der Waals surface area contributed by atoms with Crippen molar-refractivity contribution in [2.75, 3.05) is 13.1 Å². The Kier molecular flexibility index (Phi) is 3.54. The summed E-state index contributed by atoms with van der Waals surface area (Å²) in [5.74, 6) is -0.0721. The predicted octanol–water partition coefficient (Wildman–Crippen LogP) is 1.29. The van der Waals surface area contributed by atoms with Crippen LogP contribution < -0.4 is 5.32 Å². The van der Waals surface area contributed by atoms with E-state index in [1.54, 1.807) is 0 Å². The molecule has 2 aliphatic rings. The molecule has 5 nitrogen and oxygen atoms in total. The first-order valence-electron chi connectivity index (χ1n) is 6.37. The van der Waals surface area contributed by atoms with E-state index in [-0.39, 0.29) is 11.9 Å². The van der Waals surface area contributed by atoms with Crippen LogP contribution in [0.5, 0.6) is 0 Å². The number of urea groups is 1. The summed E-state index contributed by atoms with van der Waals surface area (Å²) < 4.78 is 0. The lowest BCUT2D eigenvalue weighted by Gasteiger charge is -2.23. The van der Waals surface area contributed by atoms with Gasteiger partial charge in [0.2, 0.25) is 0 Å². The molecule has 1 heterocycles. The van der Waals surface area contributed by atoms with Crippen molar-refractivity contribution in [3.05, 3.63) is 0 Å². The number of hydrogen-bond donors (Lipinski definition) is 2. The maximum absolute atomic E-state index is 11.9. The van der Waals surface area contributed by atoms with E-state index in [0.29, 0.717) is 13.1 Å². The van der Waals surface area contributed by atoms with E-state index in [1.807, 2.05) is 6.92 Å². The number of carbonyl (C=O) groups excluding carboxylic acids is 1. The summed E-state index contributed by atoms with van der Waals surface area (Å²) in [4.78, 5) is 24.4. The molecule has 1 aliphatic carbocycles. The van der Waals surface area contributed by atoms with E-state index in [2.05, 4.69) is 5.32 Å². The number of carboxylic acids is 1. The van der Waals surface area contributed by atoms with Gasteiger partial charge in [0.1, 0.15) is 6.04 Å². The van der Waals surface area contributed by atoms with Gasteiger partial charge >= 0.3 is 12.0 Å². The van der Waals surface area contributed by atoms with Crippen LogP contribution in [0, 0.1) is 11.8 Å². The average molecular weight is 240 g/mol. The molecule has 0 spiro atoms. The number of nitrogens with zero attached hydrogens (tertiary/aromatic N) is 1. The second-order valence-corrected chi connectivity index (χ2v) is 5.21. The molecule has 17 heavy (non-hydrogen) atoms. The Labute approximate surface area is 101 Å². The lowest BCUT2D eigenvalue weighted by Crippen LogP contribution is -2.47. The molecule has 1 saturated heterocycles. The number of carboxylic acid groups (broad SMARTS) is 1. The monoisotopic (exact) mass is 240 g/mol. The Morgan fingerprint density at radius 1 is 1.35 bits per heavy atom. The second-order valence-electron chi connectivity index (χ2n) is 5.21. The minimum absolute atomic E-state index is 0.0432. The second kappa shape index (κ2) is 4.94. The summed E-state index contributed by atoms with van der Waals surface area (Å²) in [6.45, 7) is 3.10. The average Bonchev–Trinajstić information content (AvgIpc) is 2.99. The van der Waals surface area contributed by atoms with E-state index < -0.39 is 12.0 Å². The highest BCUT2D eigenvalue weighted by molar-refractivity contribution is 5.83. The van der Waals surface area contributed by atoms with Crippen LogP contribution in [0.1, 0.15) is 32.6 Å². The molecule has 2 N–H and O–H groups in total. The Morgan fingerprint density at radius 3 is 2.65 bits per heavy atom. The van der Waals surface area contributed by atoms with Crippen molar-refractivity contribution in [2.45, 2.75) is 38.6 Å². The lowest BCUT2D eigenvalue weighted by molar-refractivity contribution is -0.142. The molecule has 0 aromatic carbocycles. The van der Waals surface area contributed by atoms with Gasteiger partial charge in [0.15, 0.2) is 0 Å². The van der Waals surface area contributed by atoms with Crippen molar-refractivity contribution in [3.8, 4) is 0 Å². The van der Waals surface area contributed by atoms with E-state index in [9.17, 15) is 9.59 Å². The fourth-order valence-corrected chi connectivity index (χ4v) is 2.44. The van der Waals surface area contributed by atoms with Crippen molar-refractivity contribution in [2.24, 2.45) is 11.8 Å². The van der Waals surface area contributed by atoms with Crippen LogP contribution >= 0.6 is 0 Å². The third kappa shape index (κ3) is 2.90. The molecule has 2 fully saturated rings. The predicted molar refractivity (Wildman–Crippen MR) is 62.7 cm³/mol. The van der Waals surface area contributed by atoms with Crippen molar-refractivity contribution in [3.63, 3.8) is 0 Å². The molecule has 1 saturated carbocycles. The first kappa shape index (κ1) is 12.2. The highest BCUT2D eigenvalue weighted by Crippen LogP contribution is 2.31. The normalized spacial score (nSPS) is 28.2. The minimum Gasteiger partial charge on any atom is -0.480 e. The number of hydrogen-bond acceptors (Lipinski definition) is 2. The number of nitrogens with one attached hydrogen (secondary N) is 1. The smallest absolute Gasteiger partial charge is 0.326 e. The Morgan fingerprint density at radius 2 is 2.06 bits per heavy atom. The van der Waals surface area contributed by atoms with Crippen LogP contribution in [0.15, 0.2) is 0 Å². The Hall–Kier alpha value is -1.26. The molecule has 2 rings (SSSR count). The zero-order chi connectivity index (χ0) is 12.4. The van der Waals surface area contributed by atoms with Crippen LogP contribution in [0.25, 0.3) is 0 Å². The fraction of sp³-hybridized carbons (Fsp3) is 0.833. The van der Waals surface area contributed by atoms with Gasteiger partial charge in [-0.2, -0.15) is 0 Å². The number of carbonyl (C=O) groups is 2. The molecular weight excluding hydrogens is 220 g/mol. The summed E-state index contributed by atoms with van der Waals surface area (Å²) in [5, 5.41) is 11.9. The third-order valence-electron chi connectivity index (χ3n) is 3.74. The minimum atomic E-state index is -0.896. The van der Waals surface area contributed by atoms with E-state index in [0.717, 1.165) is 18.8 Å². The van der Waals surface area contributed by atoms with E-state index in [4.69, 9.17) is 5.11 Å². The maximum atomic E-state index is 11.9. The number of amides is 2. The van der Waals surface area contributed by atoms with Gasteiger partial charge in [0.05, 0.1) is 0 Å². The van der Waals surface area contributed by atoms with Gasteiger partial charge in [-0.05, 0) is 24.7 Å². The van der Waals surface area contributed by atoms with E-state index >= 15 is 0 Å². The van der Waals surface area contributed by atoms with Gasteiger partial charge in [-0.3, -0.25) is 0 Å². The van der Waals surface area contributed by atoms with Crippen LogP contribution in [0.4, 0.5) is 4.79 Å². The van der Waals surface area contributed by atoms with E-state index in [1.165, 1.54) is 17.7 Å². The van der Waals surface area contributed by atoms with Gasteiger partial charge in [-0.25, -0.2) is 9.59 Å². The summed E-state index contributed by atoms with van der Waals surface area (Å²) in [5.41, 5.74) is 0. The summed E-state index contributed by atoms with van der Waals surface area (Å²) in [6.07, 6.45) is 4.34. The van der Waals surface area contributed by atoms with Crippen LogP contribution in [0.2, 0.25) is 0 Å². The summed E-state index contributed by atoms with van der Waals surface area (Å²) in [7, 11) is 0. The first-order chi connectivity index (χ1) is 8.09. The van der Waals surface area contributed by atoms with Crippen LogP contribution in [-0.4, -0.2) is 41.1 Å². The topological polar surface area (TPSA) is 69.6 Å². The highest BCUT2D eigenvalue weighted by Gasteiger charge is 2.39. The molecule has 2 unspecified atom stereocenters. The zero-order valence-corrected chi connectivity index (χ0v) is 10.2. The molecule has 2 atom stereocenters. The van der Waals surface area contributed by atoms with Crippen molar-refractivity contribution in [1.82, 2.24) is 10.2 Å². The largest absolute Gasteiger partial charge is 0.480 e. The van der Waals surface area contributed by atoms with Gasteiger partial charge in [0.25, 0.3) is 0 Å². The molecular formula is C12H20N2O3. The highest BCUT2D eigenvalue weighted by atomic mass is 16.4. The Bertz CT molecular complexity index is 315. The number of likely N-dealkylation sites (tertiary alicyclic amines) is 1. The molecule has 1 aliphatic heterocycles. The number of aliphatic carboxylic acids is 1. The van der Waals surface area contributed by atoms with Gasteiger partial charge in [-0.1, -0.05) is 19.8 Å². The zero-order valence-electron chi connectivity index (χ0n) is 10.2. The third-order valence-corrected chi connectivity index (χ3v) is 3.74. The fourth-order valence-electron chi connectivity index (χ4n) is 2.44. The van der Waals surface area contributed by atoms with Crippen molar-refractivity contribution >= 4 is 12.0 Å². The Balaban J connectivity index is 1.82. The van der Waals surface area contributed by atoms with Gasteiger partial charge in [-0.15, -0.1) is 0 Å². The molecule has 2 amide bonds. The molecule has 96 valence electrons. The van der Waals surface area contributed by atoms with Gasteiger partial charge < -0.3 is 15.3 Å². The quantitative estimate of drug-likeness (QED) is 0.778.